The SMILES string of the molecule is CC(C)NC(=O)Nc1ccc(CNC(=O)c2n[nH]c(C(C)C)c2Br)cc1. The van der Waals surface area contributed by atoms with Gasteiger partial charge in [0, 0.05) is 18.3 Å². The number of amides is 3. The van der Waals surface area contributed by atoms with Crippen molar-refractivity contribution in [2.75, 3.05) is 5.32 Å². The minimum absolute atomic E-state index is 0.0714. The number of hydrogen-bond donors (Lipinski definition) is 4. The fourth-order valence-corrected chi connectivity index (χ4v) is 3.09. The number of hydrogen-bond acceptors (Lipinski definition) is 3. The third kappa shape index (κ3) is 5.32. The summed E-state index contributed by atoms with van der Waals surface area (Å²) >= 11 is 3.43. The molecule has 1 aromatic heterocycles. The number of halogens is 1. The number of nitrogens with one attached hydrogen (secondary N) is 4. The largest absolute Gasteiger partial charge is 0.347 e. The highest BCUT2D eigenvalue weighted by Crippen LogP contribution is 2.25. The lowest BCUT2D eigenvalue weighted by Gasteiger charge is -2.10. The minimum Gasteiger partial charge on any atom is -0.347 e. The van der Waals surface area contributed by atoms with Gasteiger partial charge in [-0.25, -0.2) is 4.79 Å². The van der Waals surface area contributed by atoms with Gasteiger partial charge in [-0.15, -0.1) is 0 Å². The maximum Gasteiger partial charge on any atom is 0.319 e. The summed E-state index contributed by atoms with van der Waals surface area (Å²) in [5.74, 6) is -0.00935. The van der Waals surface area contributed by atoms with E-state index in [4.69, 9.17) is 0 Å². The average Bonchev–Trinajstić information content (AvgIpc) is 2.95. The van der Waals surface area contributed by atoms with E-state index < -0.39 is 0 Å². The van der Waals surface area contributed by atoms with Crippen LogP contribution in [0.4, 0.5) is 10.5 Å². The lowest BCUT2D eigenvalue weighted by Crippen LogP contribution is -2.34. The zero-order valence-corrected chi connectivity index (χ0v) is 16.9. The van der Waals surface area contributed by atoms with Crippen molar-refractivity contribution in [2.24, 2.45) is 0 Å². The predicted octanol–water partition coefficient (Wildman–Crippen LogP) is 3.76. The Bertz CT molecular complexity index is 768. The number of carbonyl (C=O) groups excluding carboxylic acids is 2. The van der Waals surface area contributed by atoms with Gasteiger partial charge in [0.1, 0.15) is 0 Å². The first-order chi connectivity index (χ1) is 12.3. The van der Waals surface area contributed by atoms with Gasteiger partial charge in [0.2, 0.25) is 0 Å². The molecule has 2 aromatic rings. The van der Waals surface area contributed by atoms with Crippen LogP contribution >= 0.6 is 15.9 Å². The first kappa shape index (κ1) is 20.0. The normalized spacial score (nSPS) is 10.9. The lowest BCUT2D eigenvalue weighted by molar-refractivity contribution is 0.0945. The van der Waals surface area contributed by atoms with E-state index in [9.17, 15) is 9.59 Å². The topological polar surface area (TPSA) is 98.9 Å². The number of aromatic amines is 1. The highest BCUT2D eigenvalue weighted by Gasteiger charge is 2.18. The van der Waals surface area contributed by atoms with Crippen molar-refractivity contribution >= 4 is 33.6 Å². The molecule has 1 aromatic carbocycles. The molecule has 4 N–H and O–H groups in total. The molecule has 0 radical (unpaired) electrons. The Kier molecular flexibility index (Phi) is 6.79. The Morgan fingerprint density at radius 3 is 2.35 bits per heavy atom. The molecule has 0 aliphatic heterocycles. The second-order valence-corrected chi connectivity index (χ2v) is 7.38. The molecule has 3 amide bonds. The summed E-state index contributed by atoms with van der Waals surface area (Å²) < 4.78 is 0.695. The summed E-state index contributed by atoms with van der Waals surface area (Å²) in [5, 5.41) is 15.3. The zero-order chi connectivity index (χ0) is 19.3. The number of carbonyl (C=O) groups is 2. The monoisotopic (exact) mass is 421 g/mol. The fourth-order valence-electron chi connectivity index (χ4n) is 2.28. The third-order valence-corrected chi connectivity index (χ3v) is 4.41. The second kappa shape index (κ2) is 8.84. The van der Waals surface area contributed by atoms with Crippen molar-refractivity contribution in [1.82, 2.24) is 20.8 Å². The molecule has 0 saturated heterocycles. The summed E-state index contributed by atoms with van der Waals surface area (Å²) in [6.45, 7) is 8.21. The van der Waals surface area contributed by atoms with Crippen LogP contribution in [-0.4, -0.2) is 28.2 Å². The summed E-state index contributed by atoms with van der Waals surface area (Å²) in [7, 11) is 0. The van der Waals surface area contributed by atoms with Gasteiger partial charge in [-0.3, -0.25) is 9.89 Å². The van der Waals surface area contributed by atoms with Gasteiger partial charge in [-0.05, 0) is 53.4 Å². The Morgan fingerprint density at radius 2 is 1.81 bits per heavy atom. The van der Waals surface area contributed by atoms with Crippen LogP contribution in [0.3, 0.4) is 0 Å². The van der Waals surface area contributed by atoms with Crippen molar-refractivity contribution < 1.29 is 9.59 Å². The first-order valence-corrected chi connectivity index (χ1v) is 9.25. The molecule has 0 atom stereocenters. The Labute approximate surface area is 161 Å². The van der Waals surface area contributed by atoms with Crippen molar-refractivity contribution in [3.63, 3.8) is 0 Å². The standard InChI is InChI=1S/C18H24BrN5O2/c1-10(2)15-14(19)16(24-23-15)17(25)20-9-12-5-7-13(8-6-12)22-18(26)21-11(3)4/h5-8,10-11H,9H2,1-4H3,(H,20,25)(H,23,24)(H2,21,22,26). The smallest absolute Gasteiger partial charge is 0.319 e. The van der Waals surface area contributed by atoms with Crippen LogP contribution in [0.1, 0.15) is 55.4 Å². The van der Waals surface area contributed by atoms with E-state index in [-0.39, 0.29) is 23.9 Å². The molecule has 0 aliphatic carbocycles. The number of urea groups is 1. The summed E-state index contributed by atoms with van der Waals surface area (Å²) in [6.07, 6.45) is 0. The number of H-pyrrole nitrogens is 1. The van der Waals surface area contributed by atoms with Crippen LogP contribution in [0, 0.1) is 0 Å². The van der Waals surface area contributed by atoms with Gasteiger partial charge >= 0.3 is 6.03 Å². The van der Waals surface area contributed by atoms with Crippen molar-refractivity contribution in [3.8, 4) is 0 Å². The van der Waals surface area contributed by atoms with Gasteiger partial charge in [0.15, 0.2) is 5.69 Å². The number of anilines is 1. The van der Waals surface area contributed by atoms with Gasteiger partial charge in [0.05, 0.1) is 10.2 Å². The van der Waals surface area contributed by atoms with E-state index in [0.717, 1.165) is 11.3 Å². The van der Waals surface area contributed by atoms with Crippen LogP contribution in [-0.2, 0) is 6.54 Å². The first-order valence-electron chi connectivity index (χ1n) is 8.46. The summed E-state index contributed by atoms with van der Waals surface area (Å²) in [6, 6.07) is 7.12. The van der Waals surface area contributed by atoms with Crippen LogP contribution in [0.5, 0.6) is 0 Å². The second-order valence-electron chi connectivity index (χ2n) is 6.59. The van der Waals surface area contributed by atoms with Gasteiger partial charge in [-0.1, -0.05) is 26.0 Å². The van der Waals surface area contributed by atoms with E-state index in [1.54, 1.807) is 12.1 Å². The number of nitrogens with zero attached hydrogens (tertiary/aromatic N) is 1. The molecule has 0 fully saturated rings. The van der Waals surface area contributed by atoms with Gasteiger partial charge in [-0.2, -0.15) is 5.10 Å². The van der Waals surface area contributed by atoms with Crippen LogP contribution in [0.2, 0.25) is 0 Å². The van der Waals surface area contributed by atoms with Crippen molar-refractivity contribution in [2.45, 2.75) is 46.2 Å². The van der Waals surface area contributed by atoms with Crippen molar-refractivity contribution in [3.05, 3.63) is 45.7 Å². The fraction of sp³-hybridized carbons (Fsp3) is 0.389. The van der Waals surface area contributed by atoms with E-state index >= 15 is 0 Å². The molecular formula is C18H24BrN5O2. The molecule has 2 rings (SSSR count). The number of aromatic nitrogens is 2. The summed E-state index contributed by atoms with van der Waals surface area (Å²) in [5.41, 5.74) is 2.85. The maximum absolute atomic E-state index is 12.3. The van der Waals surface area contributed by atoms with Gasteiger partial charge in [0.25, 0.3) is 5.91 Å². The molecule has 26 heavy (non-hydrogen) atoms. The molecule has 0 spiro atoms. The van der Waals surface area contributed by atoms with Crippen LogP contribution in [0.25, 0.3) is 0 Å². The molecule has 0 aliphatic rings. The Hall–Kier alpha value is -2.35. The molecule has 7 nitrogen and oxygen atoms in total. The Balaban J connectivity index is 1.91. The maximum atomic E-state index is 12.3. The molecule has 8 heteroatoms. The molecular weight excluding hydrogens is 398 g/mol. The molecule has 140 valence electrons. The molecule has 1 heterocycles. The zero-order valence-electron chi connectivity index (χ0n) is 15.3. The van der Waals surface area contributed by atoms with Gasteiger partial charge < -0.3 is 16.0 Å². The predicted molar refractivity (Wildman–Crippen MR) is 105 cm³/mol. The van der Waals surface area contributed by atoms with E-state index in [0.29, 0.717) is 22.4 Å². The average molecular weight is 422 g/mol. The molecule has 0 saturated carbocycles. The highest BCUT2D eigenvalue weighted by molar-refractivity contribution is 9.10. The number of benzene rings is 1. The molecule has 0 bridgehead atoms. The third-order valence-electron chi connectivity index (χ3n) is 3.61. The van der Waals surface area contributed by atoms with Crippen LogP contribution in [0.15, 0.2) is 28.7 Å². The molecule has 0 unspecified atom stereocenters. The van der Waals surface area contributed by atoms with E-state index in [2.05, 4.69) is 42.1 Å². The highest BCUT2D eigenvalue weighted by atomic mass is 79.9. The lowest BCUT2D eigenvalue weighted by atomic mass is 10.1. The van der Waals surface area contributed by atoms with Crippen LogP contribution < -0.4 is 16.0 Å². The minimum atomic E-state index is -0.251. The quantitative estimate of drug-likeness (QED) is 0.571. The summed E-state index contributed by atoms with van der Waals surface area (Å²) in [4.78, 5) is 24.0. The Morgan fingerprint density at radius 1 is 1.15 bits per heavy atom. The van der Waals surface area contributed by atoms with E-state index in [1.807, 2.05) is 39.8 Å². The van der Waals surface area contributed by atoms with Crippen molar-refractivity contribution in [1.29, 1.82) is 0 Å². The number of rotatable bonds is 6. The van der Waals surface area contributed by atoms with E-state index in [1.165, 1.54) is 0 Å².